The molecule has 312 valence electrons. The molecule has 0 aliphatic heterocycles. The third kappa shape index (κ3) is 38.0. The number of nitrogens with one attached hydrogen (secondary N) is 1. The second kappa shape index (κ2) is 39.6. The molecule has 0 aromatic heterocycles. The standard InChI is InChI=1S/C45H85NO7/c1-4-6-8-10-12-14-16-18-20-22-24-26-28-30-32-34-43(49)52-39-41(38-46-45(51)40(3)36-37-42(47)48)53-44(50)35-33-31-29-27-25-23-21-19-17-15-13-11-9-7-5-2/h40-41H,4-39H2,1-3H3,(H,46,51)(H,47,48). The van der Waals surface area contributed by atoms with E-state index in [-0.39, 0.29) is 43.8 Å². The third-order valence-electron chi connectivity index (χ3n) is 10.4. The van der Waals surface area contributed by atoms with Gasteiger partial charge in [-0.05, 0) is 19.3 Å². The van der Waals surface area contributed by atoms with Gasteiger partial charge in [0.05, 0.1) is 6.54 Å². The molecule has 1 amide bonds. The summed E-state index contributed by atoms with van der Waals surface area (Å²) in [5, 5.41) is 11.7. The zero-order chi connectivity index (χ0) is 39.0. The highest BCUT2D eigenvalue weighted by molar-refractivity contribution is 5.79. The van der Waals surface area contributed by atoms with E-state index < -0.39 is 18.0 Å². The molecule has 0 rings (SSSR count). The van der Waals surface area contributed by atoms with Gasteiger partial charge in [-0.1, -0.05) is 201 Å². The number of aliphatic carboxylic acids is 1. The van der Waals surface area contributed by atoms with Gasteiger partial charge in [0, 0.05) is 25.2 Å². The van der Waals surface area contributed by atoms with Crippen molar-refractivity contribution in [3.05, 3.63) is 0 Å². The van der Waals surface area contributed by atoms with Crippen molar-refractivity contribution in [3.8, 4) is 0 Å². The first-order valence-electron chi connectivity index (χ1n) is 22.6. The molecule has 2 unspecified atom stereocenters. The Morgan fingerprint density at radius 2 is 0.830 bits per heavy atom. The maximum Gasteiger partial charge on any atom is 0.306 e. The Hall–Kier alpha value is -2.12. The quantitative estimate of drug-likeness (QED) is 0.0471. The number of rotatable bonds is 41. The van der Waals surface area contributed by atoms with E-state index in [0.717, 1.165) is 38.5 Å². The zero-order valence-electron chi connectivity index (χ0n) is 35.0. The monoisotopic (exact) mass is 752 g/mol. The summed E-state index contributed by atoms with van der Waals surface area (Å²) < 4.78 is 11.1. The summed E-state index contributed by atoms with van der Waals surface area (Å²) in [5.41, 5.74) is 0. The van der Waals surface area contributed by atoms with E-state index in [2.05, 4.69) is 19.2 Å². The number of carbonyl (C=O) groups is 4. The largest absolute Gasteiger partial charge is 0.481 e. The molecule has 0 radical (unpaired) electrons. The lowest BCUT2D eigenvalue weighted by Gasteiger charge is -2.20. The first-order chi connectivity index (χ1) is 25.8. The predicted octanol–water partition coefficient (Wildman–Crippen LogP) is 12.6. The van der Waals surface area contributed by atoms with Crippen LogP contribution in [0, 0.1) is 5.92 Å². The average Bonchev–Trinajstić information content (AvgIpc) is 3.14. The van der Waals surface area contributed by atoms with Crippen molar-refractivity contribution in [2.24, 2.45) is 5.92 Å². The van der Waals surface area contributed by atoms with Crippen LogP contribution in [-0.4, -0.2) is 48.2 Å². The lowest BCUT2D eigenvalue weighted by atomic mass is 10.0. The zero-order valence-corrected chi connectivity index (χ0v) is 35.0. The maximum atomic E-state index is 12.7. The van der Waals surface area contributed by atoms with Crippen molar-refractivity contribution in [1.29, 1.82) is 0 Å². The van der Waals surface area contributed by atoms with Crippen LogP contribution in [0.2, 0.25) is 0 Å². The molecular weight excluding hydrogens is 666 g/mol. The number of carboxylic acids is 1. The molecule has 53 heavy (non-hydrogen) atoms. The van der Waals surface area contributed by atoms with E-state index in [1.54, 1.807) is 6.92 Å². The van der Waals surface area contributed by atoms with E-state index in [1.807, 2.05) is 0 Å². The number of amides is 1. The van der Waals surface area contributed by atoms with Gasteiger partial charge < -0.3 is 19.9 Å². The maximum absolute atomic E-state index is 12.7. The summed E-state index contributed by atoms with van der Waals surface area (Å²) in [6, 6.07) is 0. The van der Waals surface area contributed by atoms with Gasteiger partial charge in [-0.25, -0.2) is 0 Å². The molecule has 2 N–H and O–H groups in total. The fourth-order valence-corrected chi connectivity index (χ4v) is 6.78. The summed E-state index contributed by atoms with van der Waals surface area (Å²) in [4.78, 5) is 48.6. The lowest BCUT2D eigenvalue weighted by molar-refractivity contribution is -0.159. The van der Waals surface area contributed by atoms with Crippen LogP contribution in [-0.2, 0) is 28.7 Å². The molecule has 0 aliphatic carbocycles. The van der Waals surface area contributed by atoms with Crippen LogP contribution in [0.1, 0.15) is 239 Å². The number of esters is 2. The SMILES string of the molecule is CCCCCCCCCCCCCCCCCC(=O)OCC(CNC(=O)C(C)CCC(=O)O)OC(=O)CCCCCCCCCCCCCCCCC. The fraction of sp³-hybridized carbons (Fsp3) is 0.911. The molecular formula is C45H85NO7. The summed E-state index contributed by atoms with van der Waals surface area (Å²) >= 11 is 0. The van der Waals surface area contributed by atoms with Crippen molar-refractivity contribution in [2.45, 2.75) is 245 Å². The van der Waals surface area contributed by atoms with Gasteiger partial charge in [0.25, 0.3) is 0 Å². The Bertz CT molecular complexity index is 864. The van der Waals surface area contributed by atoms with Crippen LogP contribution in [0.4, 0.5) is 0 Å². The molecule has 0 saturated heterocycles. The van der Waals surface area contributed by atoms with E-state index >= 15 is 0 Å². The van der Waals surface area contributed by atoms with Crippen molar-refractivity contribution in [2.75, 3.05) is 13.2 Å². The molecule has 0 aromatic carbocycles. The van der Waals surface area contributed by atoms with Gasteiger partial charge in [0.2, 0.25) is 5.91 Å². The molecule has 0 aromatic rings. The summed E-state index contributed by atoms with van der Waals surface area (Å²) in [5.74, 6) is -2.41. The van der Waals surface area contributed by atoms with Crippen LogP contribution in [0.25, 0.3) is 0 Å². The van der Waals surface area contributed by atoms with Crippen LogP contribution in [0.15, 0.2) is 0 Å². The average molecular weight is 752 g/mol. The minimum Gasteiger partial charge on any atom is -0.481 e. The minimum absolute atomic E-state index is 0.0209. The first kappa shape index (κ1) is 50.9. The van der Waals surface area contributed by atoms with Gasteiger partial charge in [0.15, 0.2) is 6.10 Å². The molecule has 0 bridgehead atoms. The summed E-state index contributed by atoms with van der Waals surface area (Å²) in [6.07, 6.45) is 37.7. The van der Waals surface area contributed by atoms with Crippen LogP contribution >= 0.6 is 0 Å². The van der Waals surface area contributed by atoms with Crippen molar-refractivity contribution < 1.29 is 33.8 Å². The highest BCUT2D eigenvalue weighted by Gasteiger charge is 2.20. The van der Waals surface area contributed by atoms with Crippen molar-refractivity contribution in [3.63, 3.8) is 0 Å². The minimum atomic E-state index is -0.948. The van der Waals surface area contributed by atoms with Gasteiger partial charge in [-0.3, -0.25) is 19.2 Å². The molecule has 0 heterocycles. The smallest absolute Gasteiger partial charge is 0.306 e. The molecule has 8 nitrogen and oxygen atoms in total. The van der Waals surface area contributed by atoms with Gasteiger partial charge in [-0.2, -0.15) is 0 Å². The molecule has 8 heteroatoms. The third-order valence-corrected chi connectivity index (χ3v) is 10.4. The van der Waals surface area contributed by atoms with E-state index in [9.17, 15) is 19.2 Å². The summed E-state index contributed by atoms with van der Waals surface area (Å²) in [6.45, 7) is 6.11. The Morgan fingerprint density at radius 1 is 0.491 bits per heavy atom. The lowest BCUT2D eigenvalue weighted by Crippen LogP contribution is -2.40. The van der Waals surface area contributed by atoms with E-state index in [0.29, 0.717) is 12.8 Å². The Balaban J connectivity index is 4.22. The van der Waals surface area contributed by atoms with E-state index in [4.69, 9.17) is 14.6 Å². The van der Waals surface area contributed by atoms with Gasteiger partial charge >= 0.3 is 17.9 Å². The molecule has 0 spiro atoms. The number of hydrogen-bond donors (Lipinski definition) is 2. The Labute approximate surface area is 326 Å². The van der Waals surface area contributed by atoms with E-state index in [1.165, 1.54) is 154 Å². The number of carbonyl (C=O) groups excluding carboxylic acids is 3. The van der Waals surface area contributed by atoms with Crippen LogP contribution < -0.4 is 5.32 Å². The number of ether oxygens (including phenoxy) is 2. The van der Waals surface area contributed by atoms with Crippen LogP contribution in [0.5, 0.6) is 0 Å². The number of hydrogen-bond acceptors (Lipinski definition) is 6. The molecule has 0 aliphatic rings. The highest BCUT2D eigenvalue weighted by Crippen LogP contribution is 2.16. The number of unbranched alkanes of at least 4 members (excludes halogenated alkanes) is 28. The predicted molar refractivity (Wildman–Crippen MR) is 219 cm³/mol. The molecule has 0 saturated carbocycles. The normalized spacial score (nSPS) is 12.4. The van der Waals surface area contributed by atoms with Crippen LogP contribution in [0.3, 0.4) is 0 Å². The molecule has 0 fully saturated rings. The highest BCUT2D eigenvalue weighted by atomic mass is 16.6. The van der Waals surface area contributed by atoms with Gasteiger partial charge in [-0.15, -0.1) is 0 Å². The van der Waals surface area contributed by atoms with Gasteiger partial charge in [0.1, 0.15) is 6.61 Å². The first-order valence-corrected chi connectivity index (χ1v) is 22.6. The Kier molecular flexibility index (Phi) is 38.0. The second-order valence-corrected chi connectivity index (χ2v) is 15.8. The molecule has 2 atom stereocenters. The topological polar surface area (TPSA) is 119 Å². The fourth-order valence-electron chi connectivity index (χ4n) is 6.78. The Morgan fingerprint density at radius 3 is 1.19 bits per heavy atom. The second-order valence-electron chi connectivity index (χ2n) is 15.8. The van der Waals surface area contributed by atoms with Crippen molar-refractivity contribution in [1.82, 2.24) is 5.32 Å². The van der Waals surface area contributed by atoms with Crippen molar-refractivity contribution >= 4 is 23.8 Å². The summed E-state index contributed by atoms with van der Waals surface area (Å²) in [7, 11) is 0. The number of carboxylic acid groups (broad SMARTS) is 1.